The lowest BCUT2D eigenvalue weighted by atomic mass is 9.83. The predicted octanol–water partition coefficient (Wildman–Crippen LogP) is 2.19. The predicted molar refractivity (Wildman–Crippen MR) is 54.2 cm³/mol. The number of hydrogen-bond donors (Lipinski definition) is 0. The van der Waals surface area contributed by atoms with Crippen LogP contribution in [0.4, 0.5) is 0 Å². The molecule has 1 rings (SSSR count). The van der Waals surface area contributed by atoms with Crippen LogP contribution in [0.1, 0.15) is 27.2 Å². The van der Waals surface area contributed by atoms with Crippen molar-refractivity contribution in [1.29, 1.82) is 5.26 Å². The summed E-state index contributed by atoms with van der Waals surface area (Å²) in [5.41, 5.74) is 1.83. The van der Waals surface area contributed by atoms with Crippen LogP contribution in [0.2, 0.25) is 0 Å². The van der Waals surface area contributed by atoms with Crippen molar-refractivity contribution in [2.75, 3.05) is 19.6 Å². The summed E-state index contributed by atoms with van der Waals surface area (Å²) in [6, 6.07) is 2.19. The maximum atomic E-state index is 8.53. The van der Waals surface area contributed by atoms with Gasteiger partial charge in [-0.25, -0.2) is 0 Å². The SMILES string of the molecule is CC(C)(C)C1=CCN(CC#N)CC1. The minimum Gasteiger partial charge on any atom is -0.287 e. The van der Waals surface area contributed by atoms with E-state index in [-0.39, 0.29) is 0 Å². The van der Waals surface area contributed by atoms with Crippen LogP contribution in [0, 0.1) is 16.7 Å². The first-order valence-electron chi connectivity index (χ1n) is 4.83. The van der Waals surface area contributed by atoms with Gasteiger partial charge in [-0.2, -0.15) is 5.26 Å². The van der Waals surface area contributed by atoms with Gasteiger partial charge in [-0.05, 0) is 11.8 Å². The lowest BCUT2D eigenvalue weighted by Crippen LogP contribution is -2.31. The summed E-state index contributed by atoms with van der Waals surface area (Å²) in [7, 11) is 0. The van der Waals surface area contributed by atoms with Crippen molar-refractivity contribution in [3.8, 4) is 6.07 Å². The van der Waals surface area contributed by atoms with Crippen LogP contribution in [0.3, 0.4) is 0 Å². The van der Waals surface area contributed by atoms with Crippen molar-refractivity contribution in [1.82, 2.24) is 4.90 Å². The first kappa shape index (κ1) is 10.3. The summed E-state index contributed by atoms with van der Waals surface area (Å²) < 4.78 is 0. The van der Waals surface area contributed by atoms with Gasteiger partial charge in [-0.1, -0.05) is 32.4 Å². The van der Waals surface area contributed by atoms with Gasteiger partial charge < -0.3 is 0 Å². The van der Waals surface area contributed by atoms with E-state index in [0.717, 1.165) is 19.5 Å². The van der Waals surface area contributed by atoms with Gasteiger partial charge in [0.25, 0.3) is 0 Å². The van der Waals surface area contributed by atoms with Crippen LogP contribution >= 0.6 is 0 Å². The zero-order valence-electron chi connectivity index (χ0n) is 8.80. The molecule has 0 radical (unpaired) electrons. The minimum absolute atomic E-state index is 0.304. The van der Waals surface area contributed by atoms with Gasteiger partial charge in [0.2, 0.25) is 0 Å². The fourth-order valence-corrected chi connectivity index (χ4v) is 1.64. The smallest absolute Gasteiger partial charge is 0.0868 e. The molecule has 0 amide bonds. The standard InChI is InChI=1S/C11H18N2/c1-11(2,3)10-4-7-13(8-5-10)9-6-12/h4H,5,7-9H2,1-3H3. The second-order valence-electron chi connectivity index (χ2n) is 4.62. The topological polar surface area (TPSA) is 27.0 Å². The molecule has 0 bridgehead atoms. The highest BCUT2D eigenvalue weighted by atomic mass is 15.1. The molecule has 0 N–H and O–H groups in total. The zero-order chi connectivity index (χ0) is 9.90. The summed E-state index contributed by atoms with van der Waals surface area (Å²) in [6.45, 7) is 9.29. The van der Waals surface area contributed by atoms with Crippen LogP contribution in [0.5, 0.6) is 0 Å². The number of nitriles is 1. The first-order chi connectivity index (χ1) is 6.04. The lowest BCUT2D eigenvalue weighted by molar-refractivity contribution is 0.308. The van der Waals surface area contributed by atoms with Crippen LogP contribution in [0.25, 0.3) is 0 Å². The van der Waals surface area contributed by atoms with E-state index in [1.165, 1.54) is 5.57 Å². The van der Waals surface area contributed by atoms with Crippen molar-refractivity contribution in [2.45, 2.75) is 27.2 Å². The van der Waals surface area contributed by atoms with Crippen LogP contribution in [-0.4, -0.2) is 24.5 Å². The molecule has 2 heteroatoms. The molecule has 0 aliphatic carbocycles. The highest BCUT2D eigenvalue weighted by molar-refractivity contribution is 5.14. The Balaban J connectivity index is 2.54. The van der Waals surface area contributed by atoms with Gasteiger partial charge in [0.1, 0.15) is 0 Å². The molecule has 0 saturated heterocycles. The van der Waals surface area contributed by atoms with Gasteiger partial charge in [-0.15, -0.1) is 0 Å². The molecule has 0 unspecified atom stereocenters. The molecular weight excluding hydrogens is 160 g/mol. The van der Waals surface area contributed by atoms with E-state index < -0.39 is 0 Å². The molecule has 0 spiro atoms. The minimum atomic E-state index is 0.304. The lowest BCUT2D eigenvalue weighted by Gasteiger charge is -2.30. The fourth-order valence-electron chi connectivity index (χ4n) is 1.64. The molecule has 13 heavy (non-hydrogen) atoms. The van der Waals surface area contributed by atoms with Crippen molar-refractivity contribution >= 4 is 0 Å². The van der Waals surface area contributed by atoms with Crippen LogP contribution in [-0.2, 0) is 0 Å². The van der Waals surface area contributed by atoms with Gasteiger partial charge in [0.15, 0.2) is 0 Å². The van der Waals surface area contributed by atoms with Crippen LogP contribution < -0.4 is 0 Å². The molecule has 2 nitrogen and oxygen atoms in total. The van der Waals surface area contributed by atoms with E-state index in [1.54, 1.807) is 0 Å². The summed E-state index contributed by atoms with van der Waals surface area (Å²) in [6.07, 6.45) is 3.39. The average Bonchev–Trinajstić information content (AvgIpc) is 2.04. The van der Waals surface area contributed by atoms with Gasteiger partial charge in [0.05, 0.1) is 12.6 Å². The summed E-state index contributed by atoms with van der Waals surface area (Å²) in [5, 5.41) is 8.53. The van der Waals surface area contributed by atoms with Gasteiger partial charge in [0, 0.05) is 13.1 Å². The largest absolute Gasteiger partial charge is 0.287 e. The molecule has 0 fully saturated rings. The maximum absolute atomic E-state index is 8.53. The second-order valence-corrected chi connectivity index (χ2v) is 4.62. The molecule has 0 aromatic rings. The Morgan fingerprint density at radius 1 is 1.54 bits per heavy atom. The number of rotatable bonds is 1. The van der Waals surface area contributed by atoms with Gasteiger partial charge >= 0.3 is 0 Å². The molecule has 0 aromatic carbocycles. The zero-order valence-corrected chi connectivity index (χ0v) is 8.80. The van der Waals surface area contributed by atoms with Crippen molar-refractivity contribution in [2.24, 2.45) is 5.41 Å². The Kier molecular flexibility index (Phi) is 3.11. The molecule has 0 aromatic heterocycles. The number of nitrogens with zero attached hydrogens (tertiary/aromatic N) is 2. The monoisotopic (exact) mass is 178 g/mol. The normalized spacial score (nSPS) is 19.4. The summed E-state index contributed by atoms with van der Waals surface area (Å²) in [4.78, 5) is 2.18. The fraction of sp³-hybridized carbons (Fsp3) is 0.727. The number of hydrogen-bond acceptors (Lipinski definition) is 2. The molecule has 72 valence electrons. The van der Waals surface area contributed by atoms with E-state index in [9.17, 15) is 0 Å². The molecule has 1 aliphatic rings. The summed E-state index contributed by atoms with van der Waals surface area (Å²) >= 11 is 0. The highest BCUT2D eigenvalue weighted by Crippen LogP contribution is 2.29. The maximum Gasteiger partial charge on any atom is 0.0868 e. The summed E-state index contributed by atoms with van der Waals surface area (Å²) in [5.74, 6) is 0. The Morgan fingerprint density at radius 3 is 2.62 bits per heavy atom. The van der Waals surface area contributed by atoms with Crippen molar-refractivity contribution < 1.29 is 0 Å². The van der Waals surface area contributed by atoms with E-state index in [2.05, 4.69) is 37.8 Å². The highest BCUT2D eigenvalue weighted by Gasteiger charge is 2.20. The third-order valence-corrected chi connectivity index (χ3v) is 2.55. The quantitative estimate of drug-likeness (QED) is 0.454. The molecule has 1 aliphatic heterocycles. The van der Waals surface area contributed by atoms with Gasteiger partial charge in [-0.3, -0.25) is 4.90 Å². The Labute approximate surface area is 80.8 Å². The first-order valence-corrected chi connectivity index (χ1v) is 4.83. The Bertz CT molecular complexity index is 240. The van der Waals surface area contributed by atoms with Crippen molar-refractivity contribution in [3.63, 3.8) is 0 Å². The third kappa shape index (κ3) is 2.86. The van der Waals surface area contributed by atoms with Crippen molar-refractivity contribution in [3.05, 3.63) is 11.6 Å². The molecule has 0 saturated carbocycles. The Hall–Kier alpha value is -0.810. The van der Waals surface area contributed by atoms with Crippen LogP contribution in [0.15, 0.2) is 11.6 Å². The molecule has 1 heterocycles. The average molecular weight is 178 g/mol. The van der Waals surface area contributed by atoms with E-state index in [1.807, 2.05) is 0 Å². The third-order valence-electron chi connectivity index (χ3n) is 2.55. The second kappa shape index (κ2) is 3.93. The van der Waals surface area contributed by atoms with E-state index in [4.69, 9.17) is 5.26 Å². The van der Waals surface area contributed by atoms with E-state index in [0.29, 0.717) is 12.0 Å². The van der Waals surface area contributed by atoms with E-state index >= 15 is 0 Å². The Morgan fingerprint density at radius 2 is 2.23 bits per heavy atom. The molecule has 0 atom stereocenters. The molecular formula is C11H18N2.